The molecule has 0 aliphatic carbocycles. The summed E-state index contributed by atoms with van der Waals surface area (Å²) in [6, 6.07) is 20.9. The van der Waals surface area contributed by atoms with E-state index in [-0.39, 0.29) is 12.4 Å². The summed E-state index contributed by atoms with van der Waals surface area (Å²) in [5.41, 5.74) is 10.1. The van der Waals surface area contributed by atoms with Crippen molar-refractivity contribution in [2.24, 2.45) is 5.73 Å². The minimum atomic E-state index is -3.58. The number of hydrogen-bond acceptors (Lipinski definition) is 8. The first-order valence-corrected chi connectivity index (χ1v) is 14.0. The number of allylic oxidation sites excluding steroid dienone is 1. The van der Waals surface area contributed by atoms with Crippen LogP contribution in [0.3, 0.4) is 0 Å². The van der Waals surface area contributed by atoms with Crippen LogP contribution in [0, 0.1) is 0 Å². The van der Waals surface area contributed by atoms with Crippen molar-refractivity contribution in [2.75, 3.05) is 27.8 Å². The zero-order valence-electron chi connectivity index (χ0n) is 21.4. The fraction of sp³-hybridized carbons (Fsp3) is 0.214. The number of nitrogens with two attached hydrogens (primary N) is 1. The van der Waals surface area contributed by atoms with E-state index in [4.69, 9.17) is 10.5 Å². The van der Waals surface area contributed by atoms with Gasteiger partial charge in [0.2, 0.25) is 15.8 Å². The van der Waals surface area contributed by atoms with Crippen molar-refractivity contribution in [3.8, 4) is 0 Å². The van der Waals surface area contributed by atoms with Crippen LogP contribution in [0.15, 0.2) is 78.5 Å². The number of carbonyl (C=O) groups excluding carboxylic acids is 2. The second-order valence-electron chi connectivity index (χ2n) is 8.76. The Labute approximate surface area is 222 Å². The van der Waals surface area contributed by atoms with Crippen LogP contribution in [0.4, 0.5) is 17.1 Å². The third-order valence-corrected chi connectivity index (χ3v) is 7.24. The number of sulfonamides is 1. The Morgan fingerprint density at radius 2 is 1.71 bits per heavy atom. The molecule has 1 unspecified atom stereocenters. The van der Waals surface area contributed by atoms with Gasteiger partial charge in [-0.1, -0.05) is 37.3 Å². The van der Waals surface area contributed by atoms with Crippen LogP contribution >= 0.6 is 0 Å². The Morgan fingerprint density at radius 3 is 2.32 bits per heavy atom. The molecule has 1 atom stereocenters. The van der Waals surface area contributed by atoms with E-state index in [0.717, 1.165) is 11.8 Å². The average Bonchev–Trinajstić information content (AvgIpc) is 3.23. The van der Waals surface area contributed by atoms with Gasteiger partial charge < -0.3 is 21.1 Å². The molecule has 3 aromatic rings. The van der Waals surface area contributed by atoms with Gasteiger partial charge >= 0.3 is 5.97 Å². The molecule has 1 aliphatic rings. The number of benzene rings is 3. The van der Waals surface area contributed by atoms with Gasteiger partial charge in [-0.25, -0.2) is 13.2 Å². The molecule has 38 heavy (non-hydrogen) atoms. The standard InChI is InChI=1S/C28H30N4O5S/c1-4-24(29)32(38(3,35)36)21-14-12-20(13-15-21)30-25(18-9-7-6-8-10-18)26-27(33)22-16-11-19(17-23(22)31-26)28(34)37-5-2/h6-17,24,30-31H,4-5,29H2,1-3H3. The fourth-order valence-electron chi connectivity index (χ4n) is 4.20. The lowest BCUT2D eigenvalue weighted by molar-refractivity contribution is 0.0526. The van der Waals surface area contributed by atoms with Gasteiger partial charge in [-0.3, -0.25) is 9.10 Å². The molecule has 9 nitrogen and oxygen atoms in total. The Kier molecular flexibility index (Phi) is 7.84. The van der Waals surface area contributed by atoms with Crippen molar-refractivity contribution in [3.05, 3.63) is 95.2 Å². The Hall–Kier alpha value is -4.15. The van der Waals surface area contributed by atoms with Crippen LogP contribution in [0.1, 0.15) is 46.5 Å². The lowest BCUT2D eigenvalue weighted by Gasteiger charge is -2.28. The maximum atomic E-state index is 13.4. The average molecular weight is 535 g/mol. The number of nitrogens with zero attached hydrogens (tertiary/aromatic N) is 1. The summed E-state index contributed by atoms with van der Waals surface area (Å²) in [5.74, 6) is -0.690. The second-order valence-corrected chi connectivity index (χ2v) is 10.6. The van der Waals surface area contributed by atoms with Gasteiger partial charge in [0.15, 0.2) is 0 Å². The summed E-state index contributed by atoms with van der Waals surface area (Å²) < 4.78 is 31.0. The molecule has 4 rings (SSSR count). The summed E-state index contributed by atoms with van der Waals surface area (Å²) in [6.45, 7) is 3.80. The number of ketones is 1. The van der Waals surface area contributed by atoms with Gasteiger partial charge in [0.1, 0.15) is 5.70 Å². The van der Waals surface area contributed by atoms with E-state index in [1.807, 2.05) is 37.3 Å². The molecule has 0 amide bonds. The molecule has 0 saturated heterocycles. The fourth-order valence-corrected chi connectivity index (χ4v) is 5.35. The minimum absolute atomic E-state index is 0.226. The monoisotopic (exact) mass is 534 g/mol. The number of esters is 1. The molecule has 1 heterocycles. The van der Waals surface area contributed by atoms with E-state index >= 15 is 0 Å². The number of nitrogens with one attached hydrogen (secondary N) is 2. The summed E-state index contributed by atoms with van der Waals surface area (Å²) in [5, 5.41) is 6.48. The third kappa shape index (κ3) is 5.56. The first-order valence-electron chi connectivity index (χ1n) is 12.2. The number of fused-ring (bicyclic) bond motifs is 1. The molecule has 0 aromatic heterocycles. The highest BCUT2D eigenvalue weighted by molar-refractivity contribution is 7.92. The Bertz CT molecular complexity index is 1490. The number of ether oxygens (including phenoxy) is 1. The lowest BCUT2D eigenvalue weighted by Crippen LogP contribution is -2.45. The topological polar surface area (TPSA) is 131 Å². The van der Waals surface area contributed by atoms with Gasteiger partial charge in [0.05, 0.1) is 41.7 Å². The quantitative estimate of drug-likeness (QED) is 0.209. The normalized spacial score (nSPS) is 14.8. The Morgan fingerprint density at radius 1 is 1.03 bits per heavy atom. The molecule has 198 valence electrons. The largest absolute Gasteiger partial charge is 0.462 e. The van der Waals surface area contributed by atoms with Crippen molar-refractivity contribution in [3.63, 3.8) is 0 Å². The van der Waals surface area contributed by atoms with Crippen LogP contribution in [-0.2, 0) is 14.8 Å². The number of anilines is 3. The highest BCUT2D eigenvalue weighted by Gasteiger charge is 2.29. The summed E-state index contributed by atoms with van der Waals surface area (Å²) >= 11 is 0. The van der Waals surface area contributed by atoms with Gasteiger partial charge in [0, 0.05) is 16.8 Å². The van der Waals surface area contributed by atoms with Gasteiger partial charge in [-0.05, 0) is 55.8 Å². The molecule has 10 heteroatoms. The van der Waals surface area contributed by atoms with Gasteiger partial charge in [-0.15, -0.1) is 0 Å². The number of rotatable bonds is 9. The minimum Gasteiger partial charge on any atom is -0.462 e. The van der Waals surface area contributed by atoms with Crippen molar-refractivity contribution in [1.29, 1.82) is 0 Å². The maximum absolute atomic E-state index is 13.4. The van der Waals surface area contributed by atoms with Gasteiger partial charge in [-0.2, -0.15) is 0 Å². The first kappa shape index (κ1) is 26.9. The van der Waals surface area contributed by atoms with Crippen molar-refractivity contribution in [1.82, 2.24) is 0 Å². The molecule has 0 spiro atoms. The second kappa shape index (κ2) is 11.1. The molecule has 0 radical (unpaired) electrons. The van der Waals surface area contributed by atoms with E-state index < -0.39 is 22.2 Å². The predicted octanol–water partition coefficient (Wildman–Crippen LogP) is 4.41. The van der Waals surface area contributed by atoms with Crippen molar-refractivity contribution < 1.29 is 22.7 Å². The van der Waals surface area contributed by atoms with E-state index in [1.54, 1.807) is 49.4 Å². The summed E-state index contributed by atoms with van der Waals surface area (Å²) in [7, 11) is -3.58. The predicted molar refractivity (Wildman–Crippen MR) is 149 cm³/mol. The van der Waals surface area contributed by atoms with Crippen LogP contribution in [0.2, 0.25) is 0 Å². The van der Waals surface area contributed by atoms with Crippen LogP contribution < -0.4 is 20.7 Å². The van der Waals surface area contributed by atoms with Gasteiger partial charge in [0.25, 0.3) is 0 Å². The smallest absolute Gasteiger partial charge is 0.338 e. The van der Waals surface area contributed by atoms with Crippen LogP contribution in [0.25, 0.3) is 5.70 Å². The highest BCUT2D eigenvalue weighted by Crippen LogP contribution is 2.34. The zero-order valence-corrected chi connectivity index (χ0v) is 22.2. The van der Waals surface area contributed by atoms with Crippen LogP contribution in [-0.4, -0.2) is 39.2 Å². The molecule has 0 fully saturated rings. The SMILES string of the molecule is CCOC(=O)c1ccc2c(c1)NC(=C(Nc1ccc(N(C(N)CC)S(C)(=O)=O)cc1)c1ccccc1)C2=O. The molecule has 4 N–H and O–H groups in total. The highest BCUT2D eigenvalue weighted by atomic mass is 32.2. The number of Topliss-reactive ketones (excluding diaryl/α,β-unsaturated/α-hetero) is 1. The third-order valence-electron chi connectivity index (χ3n) is 6.04. The number of hydrogen-bond donors (Lipinski definition) is 3. The summed E-state index contributed by atoms with van der Waals surface area (Å²) in [6.07, 6.45) is 0.877. The van der Waals surface area contributed by atoms with Crippen molar-refractivity contribution in [2.45, 2.75) is 26.4 Å². The molecule has 0 bridgehead atoms. The molecule has 1 aliphatic heterocycles. The maximum Gasteiger partial charge on any atom is 0.338 e. The van der Waals surface area contributed by atoms with E-state index in [0.29, 0.717) is 46.0 Å². The lowest BCUT2D eigenvalue weighted by atomic mass is 10.0. The molecule has 0 saturated carbocycles. The zero-order chi connectivity index (χ0) is 27.4. The Balaban J connectivity index is 1.71. The molecular formula is C28H30N4O5S. The van der Waals surface area contributed by atoms with E-state index in [2.05, 4.69) is 10.6 Å². The first-order chi connectivity index (χ1) is 18.1. The van der Waals surface area contributed by atoms with Crippen molar-refractivity contribution >= 4 is 44.5 Å². The van der Waals surface area contributed by atoms with E-state index in [1.165, 1.54) is 4.31 Å². The molecule has 3 aromatic carbocycles. The van der Waals surface area contributed by atoms with E-state index in [9.17, 15) is 18.0 Å². The van der Waals surface area contributed by atoms with Crippen LogP contribution in [0.5, 0.6) is 0 Å². The number of carbonyl (C=O) groups is 2. The summed E-state index contributed by atoms with van der Waals surface area (Å²) in [4.78, 5) is 25.6. The molecular weight excluding hydrogens is 504 g/mol.